The van der Waals surface area contributed by atoms with Gasteiger partial charge in [-0.25, -0.2) is 0 Å². The van der Waals surface area contributed by atoms with E-state index in [9.17, 15) is 0 Å². The standard InChI is InChI=1S/C5H9N3O/c1-5(9-2)8-4-3-6-7-8/h3-5H,1-2H3/p+1. The van der Waals surface area contributed by atoms with Crippen LogP contribution in [0.15, 0.2) is 22.7 Å². The van der Waals surface area contributed by atoms with Crippen LogP contribution in [0.4, 0.5) is 0 Å². The second kappa shape index (κ2) is 2.70. The van der Waals surface area contributed by atoms with Gasteiger partial charge in [-0.3, -0.25) is 0 Å². The van der Waals surface area contributed by atoms with E-state index < -0.39 is 0 Å². The number of methoxy groups -OCH3 is 1. The van der Waals surface area contributed by atoms with Crippen molar-refractivity contribution >= 4 is 0 Å². The van der Waals surface area contributed by atoms with Crippen LogP contribution in [0.25, 0.3) is 0 Å². The number of ether oxygens (including phenoxy) is 1. The monoisotopic (exact) mass is 128 g/mol. The van der Waals surface area contributed by atoms with E-state index in [-0.39, 0.29) is 6.23 Å². The molecule has 0 fully saturated rings. The molecule has 0 bridgehead atoms. The number of nitrogens with one attached hydrogen (secondary N) is 1. The Balaban J connectivity index is 2.43. The van der Waals surface area contributed by atoms with Crippen LogP contribution in [-0.4, -0.2) is 13.3 Å². The molecule has 1 aliphatic rings. The van der Waals surface area contributed by atoms with Crippen LogP contribution in [0.5, 0.6) is 0 Å². The Morgan fingerprint density at radius 2 is 2.44 bits per heavy atom. The molecule has 1 rings (SSSR count). The topological polar surface area (TPSA) is 38.4 Å². The van der Waals surface area contributed by atoms with Crippen molar-refractivity contribution in [2.75, 3.05) is 7.11 Å². The summed E-state index contributed by atoms with van der Waals surface area (Å²) in [4.78, 5) is 0. The summed E-state index contributed by atoms with van der Waals surface area (Å²) in [5, 5.41) is 8.36. The third-order valence-corrected chi connectivity index (χ3v) is 1.26. The molecule has 0 aromatic heterocycles. The van der Waals surface area contributed by atoms with Gasteiger partial charge in [0.2, 0.25) is 6.23 Å². The molecular weight excluding hydrogens is 118 g/mol. The Labute approximate surface area is 53.8 Å². The molecule has 0 saturated carbocycles. The first kappa shape index (κ1) is 6.38. The van der Waals surface area contributed by atoms with Gasteiger partial charge in [0.1, 0.15) is 12.4 Å². The third-order valence-electron chi connectivity index (χ3n) is 1.26. The largest absolute Gasteiger partial charge is 0.330 e. The van der Waals surface area contributed by atoms with Crippen molar-refractivity contribution in [3.63, 3.8) is 0 Å². The molecule has 4 nitrogen and oxygen atoms in total. The minimum atomic E-state index is 0.0625. The first-order chi connectivity index (χ1) is 4.34. The Morgan fingerprint density at radius 3 is 2.89 bits per heavy atom. The van der Waals surface area contributed by atoms with Gasteiger partial charge in [-0.05, 0) is 0 Å². The summed E-state index contributed by atoms with van der Waals surface area (Å²) in [5.74, 6) is 0. The number of hydrogen-bond acceptors (Lipinski definition) is 3. The maximum absolute atomic E-state index is 4.99. The Hall–Kier alpha value is -0.740. The van der Waals surface area contributed by atoms with E-state index in [2.05, 4.69) is 10.3 Å². The number of nitrogens with zero attached hydrogens (tertiary/aromatic N) is 2. The van der Waals surface area contributed by atoms with Crippen molar-refractivity contribution in [1.82, 2.24) is 0 Å². The fourth-order valence-corrected chi connectivity index (χ4v) is 0.581. The highest BCUT2D eigenvalue weighted by Crippen LogP contribution is 1.82. The molecule has 0 radical (unpaired) electrons. The van der Waals surface area contributed by atoms with Crippen LogP contribution in [0.1, 0.15) is 6.92 Å². The lowest BCUT2D eigenvalue weighted by Crippen LogP contribution is -3.06. The Bertz CT molecular complexity index is 131. The van der Waals surface area contributed by atoms with E-state index in [4.69, 9.17) is 4.74 Å². The first-order valence-electron chi connectivity index (χ1n) is 2.81. The van der Waals surface area contributed by atoms with E-state index in [1.807, 2.05) is 13.1 Å². The zero-order valence-corrected chi connectivity index (χ0v) is 5.53. The highest BCUT2D eigenvalue weighted by atomic mass is 16.5. The van der Waals surface area contributed by atoms with Gasteiger partial charge in [0, 0.05) is 19.3 Å². The zero-order chi connectivity index (χ0) is 6.69. The molecule has 0 amide bonds. The number of rotatable bonds is 2. The molecule has 0 spiro atoms. The van der Waals surface area contributed by atoms with Crippen LogP contribution >= 0.6 is 0 Å². The van der Waals surface area contributed by atoms with E-state index in [0.29, 0.717) is 0 Å². The fraction of sp³-hybridized carbons (Fsp3) is 0.600. The lowest BCUT2D eigenvalue weighted by atomic mass is 10.6. The average molecular weight is 128 g/mol. The summed E-state index contributed by atoms with van der Waals surface area (Å²) in [5.41, 5.74) is 0. The van der Waals surface area contributed by atoms with Crippen molar-refractivity contribution in [2.45, 2.75) is 13.2 Å². The zero-order valence-electron chi connectivity index (χ0n) is 5.53. The van der Waals surface area contributed by atoms with Crippen LogP contribution in [0.2, 0.25) is 0 Å². The average Bonchev–Trinajstić information content (AvgIpc) is 2.37. The van der Waals surface area contributed by atoms with Crippen molar-refractivity contribution in [2.24, 2.45) is 10.3 Å². The number of quaternary nitrogens is 1. The molecule has 2 atom stereocenters. The lowest BCUT2D eigenvalue weighted by molar-refractivity contribution is -0.904. The molecule has 0 aliphatic carbocycles. The Kier molecular flexibility index (Phi) is 1.92. The van der Waals surface area contributed by atoms with E-state index in [1.165, 1.54) is 0 Å². The lowest BCUT2D eigenvalue weighted by Gasteiger charge is -2.08. The fourth-order valence-electron chi connectivity index (χ4n) is 0.581. The second-order valence-electron chi connectivity index (χ2n) is 1.83. The molecule has 9 heavy (non-hydrogen) atoms. The van der Waals surface area contributed by atoms with Gasteiger partial charge in [0.15, 0.2) is 0 Å². The predicted molar refractivity (Wildman–Crippen MR) is 31.4 cm³/mol. The van der Waals surface area contributed by atoms with Gasteiger partial charge < -0.3 is 4.74 Å². The smallest absolute Gasteiger partial charge is 0.218 e. The molecule has 0 aromatic rings. The summed E-state index contributed by atoms with van der Waals surface area (Å²) in [6, 6.07) is 0. The predicted octanol–water partition coefficient (Wildman–Crippen LogP) is -0.284. The van der Waals surface area contributed by atoms with Crippen molar-refractivity contribution in [3.8, 4) is 0 Å². The molecule has 0 saturated heterocycles. The normalized spacial score (nSPS) is 27.1. The molecule has 1 aliphatic heterocycles. The second-order valence-corrected chi connectivity index (χ2v) is 1.83. The summed E-state index contributed by atoms with van der Waals surface area (Å²) in [7, 11) is 1.65. The minimum Gasteiger partial charge on any atom is -0.330 e. The van der Waals surface area contributed by atoms with Crippen molar-refractivity contribution in [3.05, 3.63) is 12.4 Å². The van der Waals surface area contributed by atoms with Gasteiger partial charge in [0.25, 0.3) is 0 Å². The van der Waals surface area contributed by atoms with Crippen molar-refractivity contribution < 1.29 is 9.75 Å². The van der Waals surface area contributed by atoms with Crippen LogP contribution < -0.4 is 5.01 Å². The van der Waals surface area contributed by atoms with Gasteiger partial charge in [-0.2, -0.15) is 0 Å². The maximum atomic E-state index is 4.99. The van der Waals surface area contributed by atoms with E-state index in [0.717, 1.165) is 5.01 Å². The van der Waals surface area contributed by atoms with Gasteiger partial charge in [0.05, 0.1) is 0 Å². The third kappa shape index (κ3) is 1.34. The Morgan fingerprint density at radius 1 is 1.67 bits per heavy atom. The highest BCUT2D eigenvalue weighted by Gasteiger charge is 2.15. The summed E-state index contributed by atoms with van der Waals surface area (Å²) >= 11 is 0. The molecule has 1 N–H and O–H groups in total. The van der Waals surface area contributed by atoms with Gasteiger partial charge >= 0.3 is 0 Å². The van der Waals surface area contributed by atoms with Gasteiger partial charge in [-0.15, -0.1) is 10.1 Å². The minimum absolute atomic E-state index is 0.0625. The quantitative estimate of drug-likeness (QED) is 0.545. The molecule has 4 heteroatoms. The van der Waals surface area contributed by atoms with Crippen LogP contribution in [0.3, 0.4) is 0 Å². The van der Waals surface area contributed by atoms with Gasteiger partial charge in [-0.1, -0.05) is 0 Å². The van der Waals surface area contributed by atoms with Crippen molar-refractivity contribution in [1.29, 1.82) is 0 Å². The highest BCUT2D eigenvalue weighted by molar-refractivity contribution is 4.68. The summed E-state index contributed by atoms with van der Waals surface area (Å²) in [6.45, 7) is 1.93. The van der Waals surface area contributed by atoms with Crippen LogP contribution in [-0.2, 0) is 4.74 Å². The summed E-state index contributed by atoms with van der Waals surface area (Å²) in [6.07, 6.45) is 3.56. The molecule has 1 heterocycles. The number of hydrogen-bond donors (Lipinski definition) is 1. The van der Waals surface area contributed by atoms with E-state index in [1.54, 1.807) is 13.3 Å². The SMILES string of the molecule is COC(C)[NH+]1C=CN=N1. The van der Waals surface area contributed by atoms with E-state index >= 15 is 0 Å². The maximum Gasteiger partial charge on any atom is 0.218 e. The summed E-state index contributed by atoms with van der Waals surface area (Å²) < 4.78 is 4.99. The first-order valence-corrected chi connectivity index (χ1v) is 2.81. The van der Waals surface area contributed by atoms with Crippen LogP contribution in [0, 0.1) is 0 Å². The molecular formula is C5H10N3O+. The molecule has 50 valence electrons. The molecule has 2 unspecified atom stereocenters. The molecule has 0 aromatic carbocycles.